The van der Waals surface area contributed by atoms with Crippen LogP contribution in [0.4, 0.5) is 0 Å². The van der Waals surface area contributed by atoms with E-state index in [0.29, 0.717) is 25.2 Å². The van der Waals surface area contributed by atoms with E-state index in [9.17, 15) is 10.1 Å². The smallest absolute Gasteiger partial charge is 0.308 e. The Labute approximate surface area is 145 Å². The lowest BCUT2D eigenvalue weighted by Gasteiger charge is -2.31. The summed E-state index contributed by atoms with van der Waals surface area (Å²) in [6.07, 6.45) is 1.05. The van der Waals surface area contributed by atoms with Gasteiger partial charge in [-0.2, -0.15) is 5.26 Å². The topological polar surface area (TPSA) is 62.6 Å². The van der Waals surface area contributed by atoms with E-state index in [4.69, 9.17) is 9.47 Å². The molecule has 1 rings (SSSR count). The van der Waals surface area contributed by atoms with Crippen LogP contribution < -0.4 is 4.74 Å². The zero-order valence-electron chi connectivity index (χ0n) is 15.3. The van der Waals surface area contributed by atoms with Crippen molar-refractivity contribution in [3.05, 3.63) is 29.8 Å². The molecule has 0 aliphatic rings. The number of carbonyl (C=O) groups is 1. The molecule has 0 saturated heterocycles. The van der Waals surface area contributed by atoms with Crippen LogP contribution in [0.2, 0.25) is 0 Å². The Hall–Kier alpha value is -2.06. The molecule has 5 heteroatoms. The molecular weight excluding hydrogens is 304 g/mol. The third-order valence-electron chi connectivity index (χ3n) is 4.17. The van der Waals surface area contributed by atoms with Gasteiger partial charge in [0.15, 0.2) is 0 Å². The minimum Gasteiger partial charge on any atom is -0.497 e. The predicted molar refractivity (Wildman–Crippen MR) is 93.9 cm³/mol. The molecule has 0 bridgehead atoms. The van der Waals surface area contributed by atoms with Crippen molar-refractivity contribution in [3.8, 4) is 11.8 Å². The Kier molecular flexibility index (Phi) is 7.73. The maximum absolute atomic E-state index is 12.1. The molecule has 0 aliphatic heterocycles. The molecule has 1 aromatic rings. The molecule has 0 heterocycles. The van der Waals surface area contributed by atoms with Crippen LogP contribution in [0.15, 0.2) is 24.3 Å². The third kappa shape index (κ3) is 5.24. The van der Waals surface area contributed by atoms with Gasteiger partial charge in [0.2, 0.25) is 0 Å². The van der Waals surface area contributed by atoms with Gasteiger partial charge in [-0.3, -0.25) is 4.79 Å². The summed E-state index contributed by atoms with van der Waals surface area (Å²) in [5, 5.41) is 10.0. The van der Waals surface area contributed by atoms with Gasteiger partial charge in [-0.05, 0) is 58.1 Å². The van der Waals surface area contributed by atoms with Crippen molar-refractivity contribution < 1.29 is 14.3 Å². The summed E-state index contributed by atoms with van der Waals surface area (Å²) < 4.78 is 10.4. The highest BCUT2D eigenvalue weighted by Gasteiger charge is 2.36. The van der Waals surface area contributed by atoms with Crippen LogP contribution in [0.1, 0.15) is 32.3 Å². The third-order valence-corrected chi connectivity index (χ3v) is 4.17. The van der Waals surface area contributed by atoms with Crippen LogP contribution in [-0.4, -0.2) is 45.2 Å². The van der Waals surface area contributed by atoms with Gasteiger partial charge >= 0.3 is 5.97 Å². The number of methoxy groups -OCH3 is 1. The van der Waals surface area contributed by atoms with Gasteiger partial charge in [0.05, 0.1) is 31.1 Å². The first-order chi connectivity index (χ1) is 11.4. The van der Waals surface area contributed by atoms with Gasteiger partial charge in [-0.1, -0.05) is 19.1 Å². The first-order valence-corrected chi connectivity index (χ1v) is 8.25. The largest absolute Gasteiger partial charge is 0.497 e. The molecule has 0 N–H and O–H groups in total. The van der Waals surface area contributed by atoms with E-state index in [-0.39, 0.29) is 11.9 Å². The van der Waals surface area contributed by atoms with Crippen LogP contribution >= 0.6 is 0 Å². The Morgan fingerprint density at radius 2 is 2.12 bits per heavy atom. The molecule has 0 saturated carbocycles. The summed E-state index contributed by atoms with van der Waals surface area (Å²) in [6, 6.07) is 10.0. The molecule has 0 aliphatic carbocycles. The van der Waals surface area contributed by atoms with E-state index < -0.39 is 5.41 Å². The van der Waals surface area contributed by atoms with Crippen molar-refractivity contribution in [1.29, 1.82) is 5.26 Å². The minimum absolute atomic E-state index is 0.259. The molecule has 24 heavy (non-hydrogen) atoms. The molecule has 132 valence electrons. The van der Waals surface area contributed by atoms with E-state index in [1.165, 1.54) is 0 Å². The summed E-state index contributed by atoms with van der Waals surface area (Å²) in [6.45, 7) is 4.70. The summed E-state index contributed by atoms with van der Waals surface area (Å²) >= 11 is 0. The number of hydrogen-bond acceptors (Lipinski definition) is 5. The first kappa shape index (κ1) is 20.0. The van der Waals surface area contributed by atoms with Crippen molar-refractivity contribution in [2.75, 3.05) is 34.4 Å². The van der Waals surface area contributed by atoms with Gasteiger partial charge in [0.25, 0.3) is 0 Å². The summed E-state index contributed by atoms with van der Waals surface area (Å²) in [4.78, 5) is 14.1. The quantitative estimate of drug-likeness (QED) is 0.651. The van der Waals surface area contributed by atoms with Crippen LogP contribution in [0.5, 0.6) is 5.75 Å². The van der Waals surface area contributed by atoms with Gasteiger partial charge in [0.1, 0.15) is 5.75 Å². The summed E-state index contributed by atoms with van der Waals surface area (Å²) in [5.74, 6) is 0.101. The van der Waals surface area contributed by atoms with Crippen LogP contribution in [-0.2, 0) is 14.9 Å². The lowest BCUT2D eigenvalue weighted by Crippen LogP contribution is -2.33. The molecule has 2 atom stereocenters. The summed E-state index contributed by atoms with van der Waals surface area (Å²) in [5.41, 5.74) is 0.118. The predicted octanol–water partition coefficient (Wildman–Crippen LogP) is 3.00. The number of carbonyl (C=O) groups excluding carboxylic acids is 1. The zero-order chi connectivity index (χ0) is 18.2. The van der Waals surface area contributed by atoms with Crippen LogP contribution in [0.3, 0.4) is 0 Å². The normalized spacial score (nSPS) is 14.5. The van der Waals surface area contributed by atoms with Crippen molar-refractivity contribution in [1.82, 2.24) is 4.90 Å². The van der Waals surface area contributed by atoms with Crippen molar-refractivity contribution in [2.45, 2.75) is 32.1 Å². The average molecular weight is 332 g/mol. The van der Waals surface area contributed by atoms with Crippen molar-refractivity contribution >= 4 is 5.97 Å². The first-order valence-electron chi connectivity index (χ1n) is 8.25. The van der Waals surface area contributed by atoms with E-state index >= 15 is 0 Å². The SMILES string of the molecule is CCOC(=O)C(C)CC(C#N)(CCN(C)C)c1cccc(OC)c1. The van der Waals surface area contributed by atoms with Crippen molar-refractivity contribution in [2.24, 2.45) is 5.92 Å². The number of benzene rings is 1. The van der Waals surface area contributed by atoms with Gasteiger partial charge < -0.3 is 14.4 Å². The second-order valence-corrected chi connectivity index (χ2v) is 6.34. The molecule has 0 amide bonds. The van der Waals surface area contributed by atoms with Gasteiger partial charge in [0, 0.05) is 0 Å². The highest BCUT2D eigenvalue weighted by atomic mass is 16.5. The number of nitrogens with zero attached hydrogens (tertiary/aromatic N) is 2. The second kappa shape index (κ2) is 9.29. The maximum atomic E-state index is 12.1. The molecular formula is C19H28N2O3. The van der Waals surface area contributed by atoms with E-state index in [1.807, 2.05) is 50.2 Å². The van der Waals surface area contributed by atoms with Crippen LogP contribution in [0, 0.1) is 17.2 Å². The fraction of sp³-hybridized carbons (Fsp3) is 0.579. The highest BCUT2D eigenvalue weighted by molar-refractivity contribution is 5.72. The number of nitriles is 1. The standard InChI is InChI=1S/C19H28N2O3/c1-6-24-18(22)15(2)13-19(14-20,10-11-21(3)4)16-8-7-9-17(12-16)23-5/h7-9,12,15H,6,10-11,13H2,1-5H3. The van der Waals surface area contributed by atoms with Crippen molar-refractivity contribution in [3.63, 3.8) is 0 Å². The monoisotopic (exact) mass is 332 g/mol. The van der Waals surface area contributed by atoms with Gasteiger partial charge in [-0.25, -0.2) is 0 Å². The summed E-state index contributed by atoms with van der Waals surface area (Å²) in [7, 11) is 5.55. The average Bonchev–Trinajstić information content (AvgIpc) is 2.58. The number of ether oxygens (including phenoxy) is 2. The molecule has 1 aromatic carbocycles. The van der Waals surface area contributed by atoms with Crippen LogP contribution in [0.25, 0.3) is 0 Å². The number of rotatable bonds is 9. The fourth-order valence-corrected chi connectivity index (χ4v) is 2.76. The zero-order valence-corrected chi connectivity index (χ0v) is 15.3. The number of esters is 1. The van der Waals surface area contributed by atoms with E-state index in [0.717, 1.165) is 12.1 Å². The molecule has 2 unspecified atom stereocenters. The molecule has 0 spiro atoms. The Morgan fingerprint density at radius 1 is 1.42 bits per heavy atom. The lowest BCUT2D eigenvalue weighted by atomic mass is 9.72. The number of hydrogen-bond donors (Lipinski definition) is 0. The molecule has 0 aromatic heterocycles. The second-order valence-electron chi connectivity index (χ2n) is 6.34. The maximum Gasteiger partial charge on any atom is 0.308 e. The Balaban J connectivity index is 3.18. The Bertz CT molecular complexity index is 580. The van der Waals surface area contributed by atoms with E-state index in [2.05, 4.69) is 6.07 Å². The highest BCUT2D eigenvalue weighted by Crippen LogP contribution is 2.36. The molecule has 0 fully saturated rings. The molecule has 5 nitrogen and oxygen atoms in total. The van der Waals surface area contributed by atoms with Gasteiger partial charge in [-0.15, -0.1) is 0 Å². The lowest BCUT2D eigenvalue weighted by molar-refractivity contribution is -0.148. The Morgan fingerprint density at radius 3 is 2.67 bits per heavy atom. The molecule has 0 radical (unpaired) electrons. The van der Waals surface area contributed by atoms with E-state index in [1.54, 1.807) is 14.0 Å². The fourth-order valence-electron chi connectivity index (χ4n) is 2.76. The minimum atomic E-state index is -0.759.